The molecular weight excluding hydrogens is 224 g/mol. The Bertz CT molecular complexity index is 252. The summed E-state index contributed by atoms with van der Waals surface area (Å²) in [6, 6.07) is 0. The molecule has 1 heterocycles. The maximum Gasteiger partial charge on any atom is 0.303 e. The molecule has 0 saturated carbocycles. The number of rotatable bonds is 7. The lowest BCUT2D eigenvalue weighted by Gasteiger charge is -2.22. The van der Waals surface area contributed by atoms with E-state index in [1.807, 2.05) is 0 Å². The average molecular weight is 244 g/mol. The summed E-state index contributed by atoms with van der Waals surface area (Å²) in [6.07, 6.45) is 2.57. The zero-order valence-electron chi connectivity index (χ0n) is 9.91. The van der Waals surface area contributed by atoms with Crippen molar-refractivity contribution in [1.29, 1.82) is 0 Å². The minimum atomic E-state index is -0.842. The molecule has 0 spiro atoms. The number of hydrogen-bond acceptors (Lipinski definition) is 4. The van der Waals surface area contributed by atoms with Crippen molar-refractivity contribution in [1.82, 2.24) is 10.6 Å². The highest BCUT2D eigenvalue weighted by Gasteiger charge is 2.14. The standard InChI is InChI=1S/C11H20N2O4/c14-10(13-5-1-2-11(15)16)8-17-9-3-6-12-7-4-9/h9,12H,1-8H2,(H,13,14)(H,15,16). The van der Waals surface area contributed by atoms with Gasteiger partial charge in [-0.05, 0) is 32.4 Å². The molecule has 1 aliphatic heterocycles. The van der Waals surface area contributed by atoms with Crippen molar-refractivity contribution in [3.63, 3.8) is 0 Å². The highest BCUT2D eigenvalue weighted by Crippen LogP contribution is 2.06. The summed E-state index contributed by atoms with van der Waals surface area (Å²) in [6.45, 7) is 2.33. The van der Waals surface area contributed by atoms with Crippen molar-refractivity contribution in [2.45, 2.75) is 31.8 Å². The third kappa shape index (κ3) is 6.91. The lowest BCUT2D eigenvalue weighted by Crippen LogP contribution is -2.36. The summed E-state index contributed by atoms with van der Waals surface area (Å²) >= 11 is 0. The summed E-state index contributed by atoms with van der Waals surface area (Å²) in [5.41, 5.74) is 0. The first-order valence-electron chi connectivity index (χ1n) is 5.99. The van der Waals surface area contributed by atoms with E-state index in [9.17, 15) is 9.59 Å². The number of carbonyl (C=O) groups excluding carboxylic acids is 1. The molecule has 0 atom stereocenters. The Hall–Kier alpha value is -1.14. The van der Waals surface area contributed by atoms with E-state index in [1.54, 1.807) is 0 Å². The zero-order chi connectivity index (χ0) is 12.5. The van der Waals surface area contributed by atoms with E-state index in [-0.39, 0.29) is 25.0 Å². The summed E-state index contributed by atoms with van der Waals surface area (Å²) in [5, 5.41) is 14.3. The van der Waals surface area contributed by atoms with E-state index < -0.39 is 5.97 Å². The first-order chi connectivity index (χ1) is 8.18. The number of hydrogen-bond donors (Lipinski definition) is 3. The third-order valence-corrected chi connectivity index (χ3v) is 2.63. The molecule has 1 fully saturated rings. The van der Waals surface area contributed by atoms with E-state index >= 15 is 0 Å². The van der Waals surface area contributed by atoms with Crippen LogP contribution in [-0.4, -0.2) is 49.3 Å². The molecule has 1 rings (SSSR count). The van der Waals surface area contributed by atoms with Gasteiger partial charge in [0.2, 0.25) is 5.91 Å². The van der Waals surface area contributed by atoms with Crippen LogP contribution in [0.25, 0.3) is 0 Å². The van der Waals surface area contributed by atoms with Crippen molar-refractivity contribution >= 4 is 11.9 Å². The molecule has 0 aromatic carbocycles. The predicted molar refractivity (Wildman–Crippen MR) is 61.7 cm³/mol. The van der Waals surface area contributed by atoms with Gasteiger partial charge in [-0.3, -0.25) is 9.59 Å². The van der Waals surface area contributed by atoms with E-state index in [2.05, 4.69) is 10.6 Å². The number of carboxylic acid groups (broad SMARTS) is 1. The van der Waals surface area contributed by atoms with Crippen LogP contribution in [0.2, 0.25) is 0 Å². The fraction of sp³-hybridized carbons (Fsp3) is 0.818. The fourth-order valence-corrected chi connectivity index (χ4v) is 1.67. The van der Waals surface area contributed by atoms with Crippen molar-refractivity contribution in [3.05, 3.63) is 0 Å². The minimum absolute atomic E-state index is 0.0672. The number of carboxylic acids is 1. The van der Waals surface area contributed by atoms with Crippen LogP contribution in [0.5, 0.6) is 0 Å². The van der Waals surface area contributed by atoms with Crippen LogP contribution in [0.3, 0.4) is 0 Å². The summed E-state index contributed by atoms with van der Waals surface area (Å²) in [4.78, 5) is 21.6. The van der Waals surface area contributed by atoms with Crippen molar-refractivity contribution in [2.75, 3.05) is 26.2 Å². The molecule has 1 aliphatic rings. The van der Waals surface area contributed by atoms with Crippen molar-refractivity contribution < 1.29 is 19.4 Å². The van der Waals surface area contributed by atoms with Gasteiger partial charge >= 0.3 is 5.97 Å². The Morgan fingerprint density at radius 1 is 1.35 bits per heavy atom. The minimum Gasteiger partial charge on any atom is -0.481 e. The van der Waals surface area contributed by atoms with Crippen LogP contribution in [0, 0.1) is 0 Å². The first-order valence-corrected chi connectivity index (χ1v) is 5.99. The molecular formula is C11H20N2O4. The number of ether oxygens (including phenoxy) is 1. The normalized spacial score (nSPS) is 16.7. The van der Waals surface area contributed by atoms with Crippen LogP contribution in [-0.2, 0) is 14.3 Å². The van der Waals surface area contributed by atoms with Gasteiger partial charge < -0.3 is 20.5 Å². The number of carbonyl (C=O) groups is 2. The Kier molecular flexibility index (Phi) is 6.57. The van der Waals surface area contributed by atoms with Gasteiger partial charge in [-0.2, -0.15) is 0 Å². The summed E-state index contributed by atoms with van der Waals surface area (Å²) < 4.78 is 5.45. The number of piperidine rings is 1. The highest BCUT2D eigenvalue weighted by atomic mass is 16.5. The zero-order valence-corrected chi connectivity index (χ0v) is 9.91. The Balaban J connectivity index is 1.98. The largest absolute Gasteiger partial charge is 0.481 e. The van der Waals surface area contributed by atoms with Crippen LogP contribution < -0.4 is 10.6 Å². The molecule has 0 bridgehead atoms. The van der Waals surface area contributed by atoms with Gasteiger partial charge in [-0.25, -0.2) is 0 Å². The van der Waals surface area contributed by atoms with Gasteiger partial charge in [-0.15, -0.1) is 0 Å². The molecule has 3 N–H and O–H groups in total. The molecule has 0 unspecified atom stereocenters. The SMILES string of the molecule is O=C(O)CCCNC(=O)COC1CCNCC1. The maximum absolute atomic E-state index is 11.3. The van der Waals surface area contributed by atoms with Crippen LogP contribution >= 0.6 is 0 Å². The summed E-state index contributed by atoms with van der Waals surface area (Å²) in [5.74, 6) is -1.01. The Labute approximate surface area is 101 Å². The van der Waals surface area contributed by atoms with Crippen LogP contribution in [0.1, 0.15) is 25.7 Å². The second-order valence-electron chi connectivity index (χ2n) is 4.11. The lowest BCUT2D eigenvalue weighted by molar-refractivity contribution is -0.137. The molecule has 98 valence electrons. The molecule has 0 aromatic heterocycles. The van der Waals surface area contributed by atoms with Gasteiger partial charge in [0.25, 0.3) is 0 Å². The van der Waals surface area contributed by atoms with Gasteiger partial charge in [-0.1, -0.05) is 0 Å². The van der Waals surface area contributed by atoms with Gasteiger partial charge in [0, 0.05) is 13.0 Å². The van der Waals surface area contributed by atoms with E-state index in [1.165, 1.54) is 0 Å². The third-order valence-electron chi connectivity index (χ3n) is 2.63. The van der Waals surface area contributed by atoms with Gasteiger partial charge in [0.05, 0.1) is 6.10 Å². The number of aliphatic carboxylic acids is 1. The Morgan fingerprint density at radius 3 is 2.71 bits per heavy atom. The monoisotopic (exact) mass is 244 g/mol. The molecule has 1 saturated heterocycles. The van der Waals surface area contributed by atoms with Crippen molar-refractivity contribution in [3.8, 4) is 0 Å². The summed E-state index contributed by atoms with van der Waals surface area (Å²) in [7, 11) is 0. The average Bonchev–Trinajstić information content (AvgIpc) is 2.33. The molecule has 1 amide bonds. The maximum atomic E-state index is 11.3. The second-order valence-corrected chi connectivity index (χ2v) is 4.11. The highest BCUT2D eigenvalue weighted by molar-refractivity contribution is 5.77. The van der Waals surface area contributed by atoms with Gasteiger partial charge in [0.15, 0.2) is 0 Å². The van der Waals surface area contributed by atoms with E-state index in [0.29, 0.717) is 13.0 Å². The second kappa shape index (κ2) is 8.03. The quantitative estimate of drug-likeness (QED) is 0.537. The number of nitrogens with one attached hydrogen (secondary N) is 2. The molecule has 17 heavy (non-hydrogen) atoms. The van der Waals surface area contributed by atoms with Crippen LogP contribution in [0.4, 0.5) is 0 Å². The first kappa shape index (κ1) is 13.9. The predicted octanol–water partition coefficient (Wildman–Crippen LogP) is -0.264. The Morgan fingerprint density at radius 2 is 2.06 bits per heavy atom. The molecule has 6 nitrogen and oxygen atoms in total. The molecule has 6 heteroatoms. The fourth-order valence-electron chi connectivity index (χ4n) is 1.67. The molecule has 0 aliphatic carbocycles. The van der Waals surface area contributed by atoms with Crippen molar-refractivity contribution in [2.24, 2.45) is 0 Å². The topological polar surface area (TPSA) is 87.7 Å². The van der Waals surface area contributed by atoms with E-state index in [4.69, 9.17) is 9.84 Å². The lowest BCUT2D eigenvalue weighted by atomic mass is 10.1. The smallest absolute Gasteiger partial charge is 0.303 e. The van der Waals surface area contributed by atoms with Gasteiger partial charge in [0.1, 0.15) is 6.61 Å². The van der Waals surface area contributed by atoms with Crippen LogP contribution in [0.15, 0.2) is 0 Å². The molecule has 0 aromatic rings. The van der Waals surface area contributed by atoms with E-state index in [0.717, 1.165) is 25.9 Å². The number of amides is 1. The molecule has 0 radical (unpaired) electrons.